The molecule has 0 radical (unpaired) electrons. The standard InChI is InChI=1S/C23H32ClN2/c1-22(2,3)20(25(6)7)15-13-17(24)14-16-21-23(4,5)18-11-9-10-12-19(18)26(21)8/h9-16H,1-8H3/q+1. The van der Waals surface area contributed by atoms with Crippen molar-refractivity contribution < 1.29 is 4.58 Å². The molecule has 0 aromatic heterocycles. The molecule has 2 rings (SSSR count). The molecular formula is C23H32ClN2+. The zero-order valence-electron chi connectivity index (χ0n) is 17.4. The van der Waals surface area contributed by atoms with Crippen molar-refractivity contribution >= 4 is 23.0 Å². The monoisotopic (exact) mass is 371 g/mol. The van der Waals surface area contributed by atoms with E-state index in [1.54, 1.807) is 0 Å². The van der Waals surface area contributed by atoms with Gasteiger partial charge in [-0.25, -0.2) is 4.58 Å². The molecule has 0 N–H and O–H groups in total. The van der Waals surface area contributed by atoms with Crippen molar-refractivity contribution in [3.8, 4) is 0 Å². The summed E-state index contributed by atoms with van der Waals surface area (Å²) in [6.07, 6.45) is 8.22. The lowest BCUT2D eigenvalue weighted by Crippen LogP contribution is -2.26. The summed E-state index contributed by atoms with van der Waals surface area (Å²) in [6, 6.07) is 8.57. The minimum atomic E-state index is -0.0327. The van der Waals surface area contributed by atoms with E-state index in [0.717, 1.165) is 5.03 Å². The third kappa shape index (κ3) is 4.12. The van der Waals surface area contributed by atoms with Gasteiger partial charge in [0.1, 0.15) is 14.1 Å². The Morgan fingerprint density at radius 1 is 1.12 bits per heavy atom. The van der Waals surface area contributed by atoms with Gasteiger partial charge < -0.3 is 4.90 Å². The number of hydrogen-bond donors (Lipinski definition) is 0. The number of allylic oxidation sites excluding steroid dienone is 6. The lowest BCUT2D eigenvalue weighted by atomic mass is 9.84. The van der Waals surface area contributed by atoms with E-state index in [0.29, 0.717) is 0 Å². The van der Waals surface area contributed by atoms with E-state index in [9.17, 15) is 0 Å². The Morgan fingerprint density at radius 3 is 2.27 bits per heavy atom. The van der Waals surface area contributed by atoms with Gasteiger partial charge in [0.2, 0.25) is 0 Å². The van der Waals surface area contributed by atoms with E-state index in [1.165, 1.54) is 22.7 Å². The topological polar surface area (TPSA) is 6.25 Å². The van der Waals surface area contributed by atoms with Gasteiger partial charge in [-0.15, -0.1) is 0 Å². The highest BCUT2D eigenvalue weighted by Gasteiger charge is 2.37. The molecule has 1 aromatic carbocycles. The molecule has 26 heavy (non-hydrogen) atoms. The van der Waals surface area contributed by atoms with Crippen LogP contribution in [-0.4, -0.2) is 31.4 Å². The van der Waals surface area contributed by atoms with Crippen LogP contribution in [-0.2, 0) is 5.41 Å². The van der Waals surface area contributed by atoms with Crippen LogP contribution in [0.5, 0.6) is 0 Å². The number of nitrogens with zero attached hydrogens (tertiary/aromatic N) is 2. The van der Waals surface area contributed by atoms with Crippen LogP contribution in [0.2, 0.25) is 0 Å². The first-order valence-electron chi connectivity index (χ1n) is 9.10. The molecule has 0 atom stereocenters. The number of halogens is 1. The molecule has 1 aliphatic rings. The van der Waals surface area contributed by atoms with Gasteiger partial charge in [0.15, 0.2) is 5.71 Å². The zero-order valence-corrected chi connectivity index (χ0v) is 18.1. The molecule has 3 heteroatoms. The molecular weight excluding hydrogens is 340 g/mol. The first-order valence-corrected chi connectivity index (χ1v) is 9.48. The fraction of sp³-hybridized carbons (Fsp3) is 0.435. The number of hydrogen-bond acceptors (Lipinski definition) is 1. The number of anilines is 1. The molecule has 0 bridgehead atoms. The number of benzene rings is 1. The van der Waals surface area contributed by atoms with Gasteiger partial charge in [0, 0.05) is 40.4 Å². The Hall–Kier alpha value is -1.80. The summed E-state index contributed by atoms with van der Waals surface area (Å²) >= 11 is 6.49. The molecule has 0 fully saturated rings. The minimum Gasteiger partial charge on any atom is -0.347 e. The van der Waals surface area contributed by atoms with Crippen molar-refractivity contribution in [3.63, 3.8) is 0 Å². The Balaban J connectivity index is 2.31. The predicted octanol–water partition coefficient (Wildman–Crippen LogP) is 5.74. The van der Waals surface area contributed by atoms with Gasteiger partial charge in [0.05, 0.1) is 0 Å². The lowest BCUT2D eigenvalue weighted by Gasteiger charge is -2.23. The maximum absolute atomic E-state index is 6.49. The summed E-state index contributed by atoms with van der Waals surface area (Å²) in [6.45, 7) is 11.1. The number of rotatable bonds is 3. The van der Waals surface area contributed by atoms with Crippen molar-refractivity contribution in [2.24, 2.45) is 5.41 Å². The molecule has 0 amide bonds. The highest BCUT2D eigenvalue weighted by atomic mass is 35.5. The molecule has 1 heterocycles. The normalized spacial score (nSPS) is 18.6. The van der Waals surface area contributed by atoms with Crippen molar-refractivity contribution in [1.29, 1.82) is 0 Å². The fourth-order valence-corrected chi connectivity index (χ4v) is 3.87. The molecule has 0 saturated carbocycles. The molecule has 1 aromatic rings. The molecule has 0 saturated heterocycles. The van der Waals surface area contributed by atoms with E-state index in [-0.39, 0.29) is 10.8 Å². The van der Waals surface area contributed by atoms with Gasteiger partial charge >= 0.3 is 0 Å². The van der Waals surface area contributed by atoms with Crippen molar-refractivity contribution in [2.45, 2.75) is 40.0 Å². The first kappa shape index (κ1) is 20.5. The van der Waals surface area contributed by atoms with Gasteiger partial charge in [-0.3, -0.25) is 0 Å². The van der Waals surface area contributed by atoms with Gasteiger partial charge in [-0.05, 0) is 29.9 Å². The third-order valence-corrected chi connectivity index (χ3v) is 5.24. The minimum absolute atomic E-state index is 0.0327. The summed E-state index contributed by atoms with van der Waals surface area (Å²) in [5.74, 6) is 0. The number of likely N-dealkylation sites (N-methyl/N-ethyl adjacent to an activating group) is 1. The van der Waals surface area contributed by atoms with E-state index in [2.05, 4.69) is 102 Å². The van der Waals surface area contributed by atoms with Crippen LogP contribution in [0.1, 0.15) is 40.2 Å². The fourth-order valence-electron chi connectivity index (χ4n) is 3.74. The second-order valence-electron chi connectivity index (χ2n) is 8.67. The van der Waals surface area contributed by atoms with Crippen LogP contribution >= 0.6 is 11.6 Å². The van der Waals surface area contributed by atoms with Crippen LogP contribution < -0.4 is 4.90 Å². The van der Waals surface area contributed by atoms with Crippen LogP contribution in [0, 0.1) is 5.41 Å². The largest absolute Gasteiger partial charge is 0.347 e. The Bertz CT molecular complexity index is 798. The van der Waals surface area contributed by atoms with Crippen molar-refractivity contribution in [3.05, 3.63) is 64.9 Å². The summed E-state index contributed by atoms with van der Waals surface area (Å²) in [5.41, 5.74) is 5.14. The summed E-state index contributed by atoms with van der Waals surface area (Å²) < 4.78 is 2.14. The Morgan fingerprint density at radius 2 is 1.73 bits per heavy atom. The SMILES string of the molecule is CN1\C(=C/C=C(Cl)/C=C\C(=[N+](C)C)C(C)(C)C)C(C)(C)c2ccccc21. The second kappa shape index (κ2) is 7.44. The maximum atomic E-state index is 6.49. The molecule has 1 aliphatic heterocycles. The highest BCUT2D eigenvalue weighted by molar-refractivity contribution is 6.31. The van der Waals surface area contributed by atoms with Crippen molar-refractivity contribution in [2.75, 3.05) is 26.0 Å². The quantitative estimate of drug-likeness (QED) is 0.373. The van der Waals surface area contributed by atoms with E-state index in [1.807, 2.05) is 12.2 Å². The van der Waals surface area contributed by atoms with E-state index < -0.39 is 0 Å². The molecule has 0 spiro atoms. The average Bonchev–Trinajstić information content (AvgIpc) is 2.71. The van der Waals surface area contributed by atoms with Crippen molar-refractivity contribution in [1.82, 2.24) is 0 Å². The first-order chi connectivity index (χ1) is 12.0. The van der Waals surface area contributed by atoms with Gasteiger partial charge in [0.25, 0.3) is 0 Å². The predicted molar refractivity (Wildman–Crippen MR) is 116 cm³/mol. The molecule has 2 nitrogen and oxygen atoms in total. The lowest BCUT2D eigenvalue weighted by molar-refractivity contribution is -0.467. The number of fused-ring (bicyclic) bond motifs is 1. The zero-order chi connectivity index (χ0) is 19.7. The van der Waals surface area contributed by atoms with Gasteiger partial charge in [-0.2, -0.15) is 0 Å². The summed E-state index contributed by atoms with van der Waals surface area (Å²) in [4.78, 5) is 2.26. The summed E-state index contributed by atoms with van der Waals surface area (Å²) in [5, 5.41) is 0.723. The van der Waals surface area contributed by atoms with Crippen LogP contribution in [0.3, 0.4) is 0 Å². The second-order valence-corrected chi connectivity index (χ2v) is 9.10. The Labute approximate surface area is 164 Å². The van der Waals surface area contributed by atoms with Crippen LogP contribution in [0.25, 0.3) is 0 Å². The smallest absolute Gasteiger partial charge is 0.180 e. The van der Waals surface area contributed by atoms with Crippen LogP contribution in [0.4, 0.5) is 5.69 Å². The third-order valence-electron chi connectivity index (χ3n) is 4.99. The average molecular weight is 372 g/mol. The van der Waals surface area contributed by atoms with Crippen LogP contribution in [0.15, 0.2) is 59.3 Å². The molecule has 0 aliphatic carbocycles. The maximum Gasteiger partial charge on any atom is 0.180 e. The molecule has 0 unspecified atom stereocenters. The number of para-hydroxylation sites is 1. The van der Waals surface area contributed by atoms with Gasteiger partial charge in [-0.1, -0.05) is 64.4 Å². The van der Waals surface area contributed by atoms with E-state index >= 15 is 0 Å². The van der Waals surface area contributed by atoms with E-state index in [4.69, 9.17) is 11.6 Å². The highest BCUT2D eigenvalue weighted by Crippen LogP contribution is 2.46. The molecule has 140 valence electrons. The summed E-state index contributed by atoms with van der Waals surface area (Å²) in [7, 11) is 6.25. The Kier molecular flexibility index (Phi) is 5.87.